The lowest BCUT2D eigenvalue weighted by molar-refractivity contribution is 0.0944. The van der Waals surface area contributed by atoms with Gasteiger partial charge < -0.3 is 19.5 Å². The van der Waals surface area contributed by atoms with Gasteiger partial charge in [0.2, 0.25) is 5.75 Å². The number of ether oxygens (including phenoxy) is 3. The number of carbonyl (C=O) groups excluding carboxylic acids is 1. The molecule has 0 fully saturated rings. The van der Waals surface area contributed by atoms with Crippen LogP contribution >= 0.6 is 0 Å². The fourth-order valence-corrected chi connectivity index (χ4v) is 2.58. The number of benzene rings is 2. The maximum atomic E-state index is 13.1. The Morgan fingerprint density at radius 1 is 1.04 bits per heavy atom. The molecule has 0 unspecified atom stereocenters. The SMILES string of the molecule is CCOc1cc(C(=O)N[C@@H](C#N)c2ccc(F)cc2)cc(OCC)c1OCC. The maximum Gasteiger partial charge on any atom is 0.252 e. The fourth-order valence-electron chi connectivity index (χ4n) is 2.58. The summed E-state index contributed by atoms with van der Waals surface area (Å²) >= 11 is 0. The number of carbonyl (C=O) groups is 1. The second-order valence-electron chi connectivity index (χ2n) is 5.69. The van der Waals surface area contributed by atoms with Crippen LogP contribution in [0.1, 0.15) is 42.7 Å². The summed E-state index contributed by atoms with van der Waals surface area (Å²) in [5.74, 6) is 0.298. The van der Waals surface area contributed by atoms with Crippen LogP contribution in [0.15, 0.2) is 36.4 Å². The van der Waals surface area contributed by atoms with Crippen LogP contribution in [0.3, 0.4) is 0 Å². The molecule has 0 saturated heterocycles. The van der Waals surface area contributed by atoms with E-state index in [1.807, 2.05) is 26.8 Å². The van der Waals surface area contributed by atoms with E-state index in [0.29, 0.717) is 42.6 Å². The van der Waals surface area contributed by atoms with E-state index in [2.05, 4.69) is 5.32 Å². The van der Waals surface area contributed by atoms with Gasteiger partial charge >= 0.3 is 0 Å². The zero-order valence-electron chi connectivity index (χ0n) is 16.1. The lowest BCUT2D eigenvalue weighted by Crippen LogP contribution is -2.27. The lowest BCUT2D eigenvalue weighted by Gasteiger charge is -2.18. The van der Waals surface area contributed by atoms with E-state index in [4.69, 9.17) is 14.2 Å². The third-order valence-electron chi connectivity index (χ3n) is 3.78. The zero-order valence-corrected chi connectivity index (χ0v) is 16.1. The monoisotopic (exact) mass is 386 g/mol. The first-order valence-electron chi connectivity index (χ1n) is 9.06. The molecular weight excluding hydrogens is 363 g/mol. The van der Waals surface area contributed by atoms with Crippen LogP contribution in [0.2, 0.25) is 0 Å². The average molecular weight is 386 g/mol. The molecule has 0 aliphatic heterocycles. The minimum atomic E-state index is -0.925. The molecule has 0 saturated carbocycles. The molecule has 1 amide bonds. The van der Waals surface area contributed by atoms with Crippen LogP contribution in [-0.4, -0.2) is 25.7 Å². The zero-order chi connectivity index (χ0) is 20.5. The second kappa shape index (κ2) is 10.2. The summed E-state index contributed by atoms with van der Waals surface area (Å²) in [6.07, 6.45) is 0. The molecule has 2 aromatic carbocycles. The van der Waals surface area contributed by atoms with Crippen LogP contribution in [0.4, 0.5) is 4.39 Å². The average Bonchev–Trinajstić information content (AvgIpc) is 2.69. The summed E-state index contributed by atoms with van der Waals surface area (Å²) in [6, 6.07) is 9.57. The van der Waals surface area contributed by atoms with E-state index in [1.165, 1.54) is 24.3 Å². The van der Waals surface area contributed by atoms with Gasteiger partial charge in [0.25, 0.3) is 5.91 Å². The molecule has 1 N–H and O–H groups in total. The number of hydrogen-bond acceptors (Lipinski definition) is 5. The number of nitriles is 1. The number of halogens is 1. The quantitative estimate of drug-likeness (QED) is 0.704. The molecule has 28 heavy (non-hydrogen) atoms. The van der Waals surface area contributed by atoms with Crippen LogP contribution < -0.4 is 19.5 Å². The van der Waals surface area contributed by atoms with Gasteiger partial charge in [0.05, 0.1) is 25.9 Å². The van der Waals surface area contributed by atoms with Gasteiger partial charge in [-0.1, -0.05) is 12.1 Å². The minimum Gasteiger partial charge on any atom is -0.490 e. The summed E-state index contributed by atoms with van der Waals surface area (Å²) in [4.78, 5) is 12.7. The normalized spacial score (nSPS) is 11.2. The molecule has 0 spiro atoms. The van der Waals surface area contributed by atoms with Crippen molar-refractivity contribution in [2.24, 2.45) is 0 Å². The number of nitrogens with one attached hydrogen (secondary N) is 1. The molecule has 7 heteroatoms. The van der Waals surface area contributed by atoms with Gasteiger partial charge in [-0.2, -0.15) is 5.26 Å². The molecule has 0 heterocycles. The Morgan fingerprint density at radius 2 is 1.57 bits per heavy atom. The largest absolute Gasteiger partial charge is 0.490 e. The van der Waals surface area contributed by atoms with Crippen molar-refractivity contribution in [2.45, 2.75) is 26.8 Å². The Balaban J connectivity index is 2.35. The lowest BCUT2D eigenvalue weighted by atomic mass is 10.1. The number of rotatable bonds is 9. The second-order valence-corrected chi connectivity index (χ2v) is 5.69. The van der Waals surface area contributed by atoms with Gasteiger partial charge in [0.15, 0.2) is 11.5 Å². The third kappa shape index (κ3) is 5.13. The molecule has 2 rings (SSSR count). The molecule has 0 bridgehead atoms. The molecule has 0 aliphatic rings. The van der Waals surface area contributed by atoms with Crippen LogP contribution in [0.5, 0.6) is 17.2 Å². The first-order chi connectivity index (χ1) is 13.5. The van der Waals surface area contributed by atoms with Gasteiger partial charge in [0.1, 0.15) is 11.9 Å². The van der Waals surface area contributed by atoms with Crippen molar-refractivity contribution < 1.29 is 23.4 Å². The van der Waals surface area contributed by atoms with Gasteiger partial charge in [-0.15, -0.1) is 0 Å². The van der Waals surface area contributed by atoms with Gasteiger partial charge in [0, 0.05) is 5.56 Å². The predicted octanol–water partition coefficient (Wildman–Crippen LogP) is 4.02. The third-order valence-corrected chi connectivity index (χ3v) is 3.78. The Labute approximate surface area is 163 Å². The van der Waals surface area contributed by atoms with Crippen molar-refractivity contribution in [2.75, 3.05) is 19.8 Å². The molecule has 1 atom stereocenters. The standard InChI is InChI=1S/C21H23FN2O4/c1-4-26-18-11-15(12-19(27-5-2)20(18)28-6-3)21(25)24-17(13-23)14-7-9-16(22)10-8-14/h7-12,17H,4-6H2,1-3H3,(H,24,25)/t17-/m0/s1. The number of amides is 1. The van der Waals surface area contributed by atoms with Crippen LogP contribution in [0.25, 0.3) is 0 Å². The Bertz CT molecular complexity index is 819. The highest BCUT2D eigenvalue weighted by atomic mass is 19.1. The summed E-state index contributed by atoms with van der Waals surface area (Å²) in [5, 5.41) is 12.0. The summed E-state index contributed by atoms with van der Waals surface area (Å²) in [6.45, 7) is 6.66. The van der Waals surface area contributed by atoms with E-state index in [0.717, 1.165) is 0 Å². The predicted molar refractivity (Wildman–Crippen MR) is 102 cm³/mol. The highest BCUT2D eigenvalue weighted by Crippen LogP contribution is 2.39. The van der Waals surface area contributed by atoms with Gasteiger partial charge in [-0.05, 0) is 50.6 Å². The summed E-state index contributed by atoms with van der Waals surface area (Å²) < 4.78 is 29.9. The number of nitrogens with zero attached hydrogens (tertiary/aromatic N) is 1. The van der Waals surface area contributed by atoms with Crippen molar-refractivity contribution in [3.8, 4) is 23.3 Å². The van der Waals surface area contributed by atoms with Crippen molar-refractivity contribution >= 4 is 5.91 Å². The highest BCUT2D eigenvalue weighted by molar-refractivity contribution is 5.96. The topological polar surface area (TPSA) is 80.6 Å². The van der Waals surface area contributed by atoms with E-state index in [1.54, 1.807) is 12.1 Å². The van der Waals surface area contributed by atoms with Crippen LogP contribution in [-0.2, 0) is 0 Å². The maximum absolute atomic E-state index is 13.1. The first-order valence-corrected chi connectivity index (χ1v) is 9.06. The summed E-state index contributed by atoms with van der Waals surface area (Å²) in [7, 11) is 0. The van der Waals surface area contributed by atoms with Crippen molar-refractivity contribution in [3.05, 3.63) is 53.3 Å². The smallest absolute Gasteiger partial charge is 0.252 e. The Morgan fingerprint density at radius 3 is 2.04 bits per heavy atom. The molecule has 0 aliphatic carbocycles. The van der Waals surface area contributed by atoms with E-state index in [9.17, 15) is 14.4 Å². The van der Waals surface area contributed by atoms with Crippen molar-refractivity contribution in [1.29, 1.82) is 5.26 Å². The Kier molecular flexibility index (Phi) is 7.64. The summed E-state index contributed by atoms with van der Waals surface area (Å²) in [5.41, 5.74) is 0.746. The number of hydrogen-bond donors (Lipinski definition) is 1. The van der Waals surface area contributed by atoms with Gasteiger partial charge in [-0.3, -0.25) is 4.79 Å². The first kappa shape index (κ1) is 21.0. The molecule has 0 aromatic heterocycles. The molecular formula is C21H23FN2O4. The molecule has 6 nitrogen and oxygen atoms in total. The molecule has 148 valence electrons. The molecule has 2 aromatic rings. The fraction of sp³-hybridized carbons (Fsp3) is 0.333. The van der Waals surface area contributed by atoms with Crippen molar-refractivity contribution in [3.63, 3.8) is 0 Å². The Hall–Kier alpha value is -3.27. The van der Waals surface area contributed by atoms with Gasteiger partial charge in [-0.25, -0.2) is 4.39 Å². The minimum absolute atomic E-state index is 0.262. The molecule has 0 radical (unpaired) electrons. The van der Waals surface area contributed by atoms with Crippen molar-refractivity contribution in [1.82, 2.24) is 5.32 Å². The van der Waals surface area contributed by atoms with E-state index in [-0.39, 0.29) is 5.56 Å². The van der Waals surface area contributed by atoms with E-state index >= 15 is 0 Å². The highest BCUT2D eigenvalue weighted by Gasteiger charge is 2.21. The van der Waals surface area contributed by atoms with E-state index < -0.39 is 17.8 Å². The van der Waals surface area contributed by atoms with Crippen LogP contribution in [0, 0.1) is 17.1 Å².